The molecular weight excluding hydrogens is 457 g/mol. The Balaban J connectivity index is 1.37. The maximum Gasteiger partial charge on any atom is 0.416 e. The molecule has 4 heterocycles. The first-order chi connectivity index (χ1) is 16.8. The first-order valence-electron chi connectivity index (χ1n) is 11.3. The fraction of sp³-hybridized carbons (Fsp3) is 0.280. The summed E-state index contributed by atoms with van der Waals surface area (Å²) in [6.45, 7) is 2.65. The maximum absolute atomic E-state index is 12.9. The Morgan fingerprint density at radius 2 is 1.89 bits per heavy atom. The number of nitrogens with zero attached hydrogens (tertiary/aromatic N) is 5. The zero-order valence-electron chi connectivity index (χ0n) is 19.3. The highest BCUT2D eigenvalue weighted by Gasteiger charge is 2.31. The van der Waals surface area contributed by atoms with Gasteiger partial charge in [-0.2, -0.15) is 18.3 Å². The lowest BCUT2D eigenvalue weighted by Crippen LogP contribution is -3.00. The molecule has 10 heteroatoms. The van der Waals surface area contributed by atoms with Crippen LogP contribution in [0.5, 0.6) is 5.88 Å². The molecule has 0 aliphatic carbocycles. The van der Waals surface area contributed by atoms with Crippen molar-refractivity contribution in [1.82, 2.24) is 19.7 Å². The Hall–Kier alpha value is -3.79. The predicted octanol–water partition coefficient (Wildman–Crippen LogP) is 4.22. The molecule has 3 aromatic rings. The van der Waals surface area contributed by atoms with E-state index in [4.69, 9.17) is 4.74 Å². The lowest BCUT2D eigenvalue weighted by molar-refractivity contribution is -0.655. The summed E-state index contributed by atoms with van der Waals surface area (Å²) in [5.41, 5.74) is 2.63. The topological polar surface area (TPSA) is 69.6 Å². The number of aryl methyl sites for hydroxylation is 1. The number of nitrogens with one attached hydrogen (secondary N) is 1. The molecule has 5 rings (SSSR count). The minimum absolute atomic E-state index is 0.0974. The van der Waals surface area contributed by atoms with Crippen LogP contribution in [0.25, 0.3) is 12.2 Å². The molecule has 2 aromatic heterocycles. The van der Waals surface area contributed by atoms with Gasteiger partial charge >= 0.3 is 6.18 Å². The van der Waals surface area contributed by atoms with E-state index in [9.17, 15) is 13.2 Å². The van der Waals surface area contributed by atoms with E-state index in [1.165, 1.54) is 12.1 Å². The quantitative estimate of drug-likeness (QED) is 0.593. The number of allylic oxidation sites excluding steroid dienone is 1. The fourth-order valence-electron chi connectivity index (χ4n) is 4.36. The number of alkyl halides is 3. The van der Waals surface area contributed by atoms with Crippen molar-refractivity contribution in [3.63, 3.8) is 0 Å². The molecule has 0 spiro atoms. The molecule has 1 N–H and O–H groups in total. The van der Waals surface area contributed by atoms with Gasteiger partial charge in [-0.25, -0.2) is 24.5 Å². The monoisotopic (exact) mass is 481 g/mol. The second-order valence-electron chi connectivity index (χ2n) is 8.49. The molecule has 0 saturated carbocycles. The van der Waals surface area contributed by atoms with Crippen LogP contribution in [0.1, 0.15) is 54.2 Å². The summed E-state index contributed by atoms with van der Waals surface area (Å²) < 4.78 is 46.1. The Labute approximate surface area is 200 Å². The molecule has 0 amide bonds. The van der Waals surface area contributed by atoms with E-state index in [2.05, 4.69) is 20.1 Å². The summed E-state index contributed by atoms with van der Waals surface area (Å²) in [5.74, 6) is 1.69. The summed E-state index contributed by atoms with van der Waals surface area (Å²) in [5, 5.41) is 4.58. The first kappa shape index (κ1) is 23.0. The van der Waals surface area contributed by atoms with Crippen molar-refractivity contribution in [2.45, 2.75) is 38.4 Å². The van der Waals surface area contributed by atoms with Gasteiger partial charge in [0.15, 0.2) is 12.2 Å². The van der Waals surface area contributed by atoms with Gasteiger partial charge in [0.05, 0.1) is 24.1 Å². The molecule has 0 saturated heterocycles. The highest BCUT2D eigenvalue weighted by molar-refractivity contribution is 5.66. The molecule has 2 aliphatic heterocycles. The molecule has 2 aliphatic rings. The molecule has 0 radical (unpaired) electrons. The number of benzene rings is 1. The van der Waals surface area contributed by atoms with Gasteiger partial charge in [0, 0.05) is 18.5 Å². The SMILES string of the molecule is COc1nc(C=Cc2nc3n(n2)CCCC3c2ccc(C(F)(F)F)cc2)ccc1[NH+]1C=NC(C)=C1. The van der Waals surface area contributed by atoms with Crippen molar-refractivity contribution in [2.24, 2.45) is 4.99 Å². The van der Waals surface area contributed by atoms with Gasteiger partial charge in [0.25, 0.3) is 5.88 Å². The molecular formula is C25H24F3N6O+. The number of rotatable bonds is 5. The number of ether oxygens (including phenoxy) is 1. The molecule has 7 nitrogen and oxygen atoms in total. The van der Waals surface area contributed by atoms with Crippen LogP contribution >= 0.6 is 0 Å². The molecule has 0 fully saturated rings. The average molecular weight is 482 g/mol. The van der Waals surface area contributed by atoms with Crippen molar-refractivity contribution in [3.8, 4) is 5.88 Å². The van der Waals surface area contributed by atoms with Crippen LogP contribution in [0, 0.1) is 0 Å². The van der Waals surface area contributed by atoms with Gasteiger partial charge in [-0.15, -0.1) is 0 Å². The summed E-state index contributed by atoms with van der Waals surface area (Å²) >= 11 is 0. The molecule has 35 heavy (non-hydrogen) atoms. The second-order valence-corrected chi connectivity index (χ2v) is 8.49. The van der Waals surface area contributed by atoms with Crippen LogP contribution in [-0.4, -0.2) is 33.2 Å². The largest absolute Gasteiger partial charge is 0.477 e. The average Bonchev–Trinajstić information content (AvgIpc) is 3.47. The number of aliphatic imine (C=N–C) groups is 1. The lowest BCUT2D eigenvalue weighted by atomic mass is 9.90. The Morgan fingerprint density at radius 3 is 2.57 bits per heavy atom. The van der Waals surface area contributed by atoms with E-state index in [0.29, 0.717) is 17.4 Å². The highest BCUT2D eigenvalue weighted by atomic mass is 19.4. The van der Waals surface area contributed by atoms with Crippen LogP contribution in [0.2, 0.25) is 0 Å². The zero-order chi connectivity index (χ0) is 24.6. The Kier molecular flexibility index (Phi) is 5.98. The van der Waals surface area contributed by atoms with Crippen LogP contribution in [0.3, 0.4) is 0 Å². The number of aromatic nitrogens is 4. The van der Waals surface area contributed by atoms with Crippen molar-refractivity contribution in [3.05, 3.63) is 76.8 Å². The predicted molar refractivity (Wildman–Crippen MR) is 125 cm³/mol. The van der Waals surface area contributed by atoms with Gasteiger partial charge in [-0.3, -0.25) is 0 Å². The lowest BCUT2D eigenvalue weighted by Gasteiger charge is -2.22. The van der Waals surface area contributed by atoms with Crippen LogP contribution in [0.15, 0.2) is 53.3 Å². The summed E-state index contributed by atoms with van der Waals surface area (Å²) in [7, 11) is 1.58. The van der Waals surface area contributed by atoms with E-state index in [-0.39, 0.29) is 5.92 Å². The minimum Gasteiger partial charge on any atom is -0.477 e. The third-order valence-electron chi connectivity index (χ3n) is 6.09. The number of hydrogen-bond acceptors (Lipinski definition) is 5. The number of fused-ring (bicyclic) bond motifs is 1. The number of methoxy groups -OCH3 is 1. The van der Waals surface area contributed by atoms with Crippen LogP contribution < -0.4 is 9.64 Å². The molecule has 0 bridgehead atoms. The van der Waals surface area contributed by atoms with Gasteiger partial charge < -0.3 is 4.74 Å². The Morgan fingerprint density at radius 1 is 1.09 bits per heavy atom. The minimum atomic E-state index is -4.35. The van der Waals surface area contributed by atoms with Gasteiger partial charge in [-0.05, 0) is 55.7 Å². The standard InChI is InChI=1S/C25H23F3N6O/c1-16-14-33(15-29-16)21-11-9-19(30-24(21)35-2)10-12-22-31-23-20(4-3-13-34(23)32-22)17-5-7-18(8-6-17)25(26,27)28/h5-12,14-15,20H,3-4,13H2,1-2H3/p+1. The fourth-order valence-corrected chi connectivity index (χ4v) is 4.36. The number of halogens is 3. The molecule has 2 atom stereocenters. The third kappa shape index (κ3) is 4.74. The van der Waals surface area contributed by atoms with E-state index in [1.54, 1.807) is 19.5 Å². The smallest absolute Gasteiger partial charge is 0.416 e. The molecule has 1 aromatic carbocycles. The van der Waals surface area contributed by atoms with E-state index in [0.717, 1.165) is 59.2 Å². The van der Waals surface area contributed by atoms with Crippen molar-refractivity contribution in [1.29, 1.82) is 0 Å². The van der Waals surface area contributed by atoms with Crippen molar-refractivity contribution >= 4 is 24.2 Å². The van der Waals surface area contributed by atoms with E-state index >= 15 is 0 Å². The van der Waals surface area contributed by atoms with Crippen molar-refractivity contribution < 1.29 is 22.8 Å². The van der Waals surface area contributed by atoms with Crippen LogP contribution in [-0.2, 0) is 12.7 Å². The highest BCUT2D eigenvalue weighted by Crippen LogP contribution is 2.35. The normalized spacial score (nSPS) is 19.7. The summed E-state index contributed by atoms with van der Waals surface area (Å²) in [6.07, 6.45) is 4.70. The number of quaternary nitrogens is 1. The third-order valence-corrected chi connectivity index (χ3v) is 6.09. The second kappa shape index (κ2) is 9.10. The zero-order valence-corrected chi connectivity index (χ0v) is 19.3. The first-order valence-corrected chi connectivity index (χ1v) is 11.3. The van der Waals surface area contributed by atoms with Gasteiger partial charge in [0.1, 0.15) is 12.0 Å². The van der Waals surface area contributed by atoms with E-state index < -0.39 is 11.7 Å². The van der Waals surface area contributed by atoms with Crippen molar-refractivity contribution in [2.75, 3.05) is 7.11 Å². The number of hydrogen-bond donors (Lipinski definition) is 1. The Bertz CT molecular complexity index is 1320. The molecule has 180 valence electrons. The van der Waals surface area contributed by atoms with Gasteiger partial charge in [0.2, 0.25) is 5.69 Å². The van der Waals surface area contributed by atoms with Crippen LogP contribution in [0.4, 0.5) is 18.9 Å². The van der Waals surface area contributed by atoms with E-state index in [1.807, 2.05) is 36.0 Å². The summed E-state index contributed by atoms with van der Waals surface area (Å²) in [4.78, 5) is 14.5. The summed E-state index contributed by atoms with van der Waals surface area (Å²) in [6, 6.07) is 9.15. The maximum atomic E-state index is 12.9. The van der Waals surface area contributed by atoms with Gasteiger partial charge in [-0.1, -0.05) is 12.1 Å². The number of pyridine rings is 1. The molecule has 2 unspecified atom stereocenters.